The third-order valence-electron chi connectivity index (χ3n) is 5.49. The lowest BCUT2D eigenvalue weighted by molar-refractivity contribution is 0.217. The van der Waals surface area contributed by atoms with Crippen LogP contribution in [-0.2, 0) is 0 Å². The predicted octanol–water partition coefficient (Wildman–Crippen LogP) is 7.05. The van der Waals surface area contributed by atoms with Gasteiger partial charge < -0.3 is 18.9 Å². The number of methoxy groups -OCH3 is 2. The molecule has 4 rings (SSSR count). The molecule has 36 heavy (non-hydrogen) atoms. The summed E-state index contributed by atoms with van der Waals surface area (Å²) in [5.41, 5.74) is 1.21. The molecule has 8 heteroatoms. The first-order valence-electron chi connectivity index (χ1n) is 10.9. The first-order chi connectivity index (χ1) is 17.4. The lowest BCUT2D eigenvalue weighted by atomic mass is 10.0. The molecule has 0 N–H and O–H groups in total. The highest BCUT2D eigenvalue weighted by Crippen LogP contribution is 2.32. The van der Waals surface area contributed by atoms with Gasteiger partial charge in [0.2, 0.25) is 11.6 Å². The van der Waals surface area contributed by atoms with E-state index in [1.54, 1.807) is 48.5 Å². The maximum absolute atomic E-state index is 14.3. The van der Waals surface area contributed by atoms with Crippen molar-refractivity contribution < 1.29 is 36.5 Å². The molecule has 4 nitrogen and oxygen atoms in total. The van der Waals surface area contributed by atoms with Gasteiger partial charge in [-0.05, 0) is 59.7 Å². The Morgan fingerprint density at radius 2 is 0.833 bits per heavy atom. The Kier molecular flexibility index (Phi) is 7.63. The van der Waals surface area contributed by atoms with Gasteiger partial charge in [0.15, 0.2) is 23.1 Å². The molecular weight excluding hydrogens is 476 g/mol. The molecule has 4 aromatic rings. The summed E-state index contributed by atoms with van der Waals surface area (Å²) in [5.74, 6) is -3.30. The normalized spacial score (nSPS) is 10.7. The Labute approximate surface area is 205 Å². The Morgan fingerprint density at radius 1 is 0.472 bits per heavy atom. The quantitative estimate of drug-likeness (QED) is 0.183. The molecule has 0 amide bonds. The minimum Gasteiger partial charge on any atom is -0.494 e. The number of halogens is 4. The summed E-state index contributed by atoms with van der Waals surface area (Å²) in [6.07, 6.45) is 0. The summed E-state index contributed by atoms with van der Waals surface area (Å²) in [5, 5.41) is 0. The maximum Gasteiger partial charge on any atom is 0.201 e. The van der Waals surface area contributed by atoms with Crippen molar-refractivity contribution in [1.82, 2.24) is 0 Å². The SMILES string of the molecule is COc1ccc(-c2ccc(OCCOc3ccc(-c4ccc(OC)c(F)c4F)cc3)cc2)c(F)c1F. The van der Waals surface area contributed by atoms with Crippen molar-refractivity contribution in [3.8, 4) is 45.3 Å². The van der Waals surface area contributed by atoms with E-state index in [2.05, 4.69) is 0 Å². The van der Waals surface area contributed by atoms with Crippen molar-refractivity contribution in [3.63, 3.8) is 0 Å². The smallest absolute Gasteiger partial charge is 0.201 e. The summed E-state index contributed by atoms with van der Waals surface area (Å²) in [4.78, 5) is 0. The zero-order valence-electron chi connectivity index (χ0n) is 19.5. The average Bonchev–Trinajstić information content (AvgIpc) is 2.91. The highest BCUT2D eigenvalue weighted by Gasteiger charge is 2.16. The first-order valence-corrected chi connectivity index (χ1v) is 10.9. The Hall–Kier alpha value is -4.20. The van der Waals surface area contributed by atoms with E-state index in [9.17, 15) is 17.6 Å². The van der Waals surface area contributed by atoms with Gasteiger partial charge in [-0.1, -0.05) is 24.3 Å². The molecule has 0 fully saturated rings. The fraction of sp³-hybridized carbons (Fsp3) is 0.143. The lowest BCUT2D eigenvalue weighted by Gasteiger charge is -2.11. The van der Waals surface area contributed by atoms with Gasteiger partial charge in [0.1, 0.15) is 24.7 Å². The van der Waals surface area contributed by atoms with Crippen LogP contribution in [0.1, 0.15) is 0 Å². The summed E-state index contributed by atoms with van der Waals surface area (Å²) < 4.78 is 77.4. The molecule has 0 aliphatic carbocycles. The van der Waals surface area contributed by atoms with Crippen molar-refractivity contribution in [1.29, 1.82) is 0 Å². The molecule has 4 aromatic carbocycles. The molecule has 186 valence electrons. The van der Waals surface area contributed by atoms with Crippen LogP contribution in [-0.4, -0.2) is 27.4 Å². The third kappa shape index (κ3) is 5.22. The fourth-order valence-corrected chi connectivity index (χ4v) is 3.61. The second kappa shape index (κ2) is 11.0. The van der Waals surface area contributed by atoms with Gasteiger partial charge in [-0.25, -0.2) is 8.78 Å². The summed E-state index contributed by atoms with van der Waals surface area (Å²) >= 11 is 0. The number of rotatable bonds is 9. The fourth-order valence-electron chi connectivity index (χ4n) is 3.61. The maximum atomic E-state index is 14.3. The van der Waals surface area contributed by atoms with Crippen LogP contribution in [0.15, 0.2) is 72.8 Å². The first kappa shape index (κ1) is 24.9. The molecule has 0 radical (unpaired) electrons. The predicted molar refractivity (Wildman–Crippen MR) is 128 cm³/mol. The van der Waals surface area contributed by atoms with Crippen molar-refractivity contribution in [2.45, 2.75) is 0 Å². The van der Waals surface area contributed by atoms with Gasteiger partial charge in [-0.3, -0.25) is 0 Å². The van der Waals surface area contributed by atoms with Gasteiger partial charge in [0.05, 0.1) is 14.2 Å². The van der Waals surface area contributed by atoms with Gasteiger partial charge in [-0.2, -0.15) is 8.78 Å². The van der Waals surface area contributed by atoms with Crippen LogP contribution < -0.4 is 18.9 Å². The largest absolute Gasteiger partial charge is 0.494 e. The summed E-state index contributed by atoms with van der Waals surface area (Å²) in [6, 6.07) is 18.7. The topological polar surface area (TPSA) is 36.9 Å². The molecule has 0 bridgehead atoms. The molecule has 0 aliphatic rings. The summed E-state index contributed by atoms with van der Waals surface area (Å²) in [7, 11) is 2.54. The van der Waals surface area contributed by atoms with Gasteiger partial charge in [-0.15, -0.1) is 0 Å². The van der Waals surface area contributed by atoms with E-state index in [1.165, 1.54) is 38.5 Å². The zero-order valence-corrected chi connectivity index (χ0v) is 19.5. The van der Waals surface area contributed by atoms with Crippen LogP contribution in [0.3, 0.4) is 0 Å². The molecule has 0 aromatic heterocycles. The molecule has 0 saturated heterocycles. The van der Waals surface area contributed by atoms with E-state index in [-0.39, 0.29) is 35.8 Å². The highest BCUT2D eigenvalue weighted by atomic mass is 19.2. The standard InChI is InChI=1S/C28H22F4O4/c1-33-23-13-11-21(25(29)27(23)31)17-3-7-19(8-4-17)35-15-16-36-20-9-5-18(6-10-20)22-12-14-24(34-2)28(32)26(22)30/h3-14H,15-16H2,1-2H3. The number of hydrogen-bond acceptors (Lipinski definition) is 4. The zero-order chi connectivity index (χ0) is 25.7. The number of benzene rings is 4. The highest BCUT2D eigenvalue weighted by molar-refractivity contribution is 5.67. The molecule has 0 spiro atoms. The number of hydrogen-bond donors (Lipinski definition) is 0. The Morgan fingerprint density at radius 3 is 1.17 bits per heavy atom. The molecular formula is C28H22F4O4. The minimum atomic E-state index is -1.04. The summed E-state index contributed by atoms with van der Waals surface area (Å²) in [6.45, 7) is 0.454. The van der Waals surface area contributed by atoms with Crippen LogP contribution in [0.4, 0.5) is 17.6 Å². The molecule has 0 unspecified atom stereocenters. The van der Waals surface area contributed by atoms with E-state index >= 15 is 0 Å². The van der Waals surface area contributed by atoms with E-state index in [1.807, 2.05) is 0 Å². The second-order valence-corrected chi connectivity index (χ2v) is 7.63. The molecule has 0 aliphatic heterocycles. The van der Waals surface area contributed by atoms with Crippen LogP contribution in [0.2, 0.25) is 0 Å². The van der Waals surface area contributed by atoms with Gasteiger partial charge in [0, 0.05) is 11.1 Å². The second-order valence-electron chi connectivity index (χ2n) is 7.63. The van der Waals surface area contributed by atoms with E-state index < -0.39 is 23.3 Å². The van der Waals surface area contributed by atoms with Crippen LogP contribution in [0, 0.1) is 23.3 Å². The lowest BCUT2D eigenvalue weighted by Crippen LogP contribution is -2.08. The molecule has 0 heterocycles. The van der Waals surface area contributed by atoms with Gasteiger partial charge in [0.25, 0.3) is 0 Å². The molecule has 0 saturated carbocycles. The van der Waals surface area contributed by atoms with E-state index in [4.69, 9.17) is 18.9 Å². The van der Waals surface area contributed by atoms with Crippen LogP contribution in [0.25, 0.3) is 22.3 Å². The Balaban J connectivity index is 1.31. The van der Waals surface area contributed by atoms with Crippen LogP contribution >= 0.6 is 0 Å². The molecule has 0 atom stereocenters. The Bertz CT molecular complexity index is 1230. The minimum absolute atomic E-state index is 0.115. The van der Waals surface area contributed by atoms with E-state index in [0.29, 0.717) is 22.6 Å². The average molecular weight is 498 g/mol. The number of ether oxygens (including phenoxy) is 4. The van der Waals surface area contributed by atoms with Crippen LogP contribution in [0.5, 0.6) is 23.0 Å². The van der Waals surface area contributed by atoms with Crippen molar-refractivity contribution in [2.75, 3.05) is 27.4 Å². The van der Waals surface area contributed by atoms with E-state index in [0.717, 1.165) is 0 Å². The monoisotopic (exact) mass is 498 g/mol. The van der Waals surface area contributed by atoms with Crippen molar-refractivity contribution in [3.05, 3.63) is 96.1 Å². The van der Waals surface area contributed by atoms with Crippen molar-refractivity contribution in [2.24, 2.45) is 0 Å². The van der Waals surface area contributed by atoms with Crippen molar-refractivity contribution >= 4 is 0 Å². The van der Waals surface area contributed by atoms with Gasteiger partial charge >= 0.3 is 0 Å². The third-order valence-corrected chi connectivity index (χ3v) is 5.49.